The summed E-state index contributed by atoms with van der Waals surface area (Å²) < 4.78 is 1.39. The van der Waals surface area contributed by atoms with E-state index in [9.17, 15) is 14.4 Å². The van der Waals surface area contributed by atoms with Crippen LogP contribution < -0.4 is 10.9 Å². The number of likely N-dealkylation sites (tertiary alicyclic amines) is 1. The van der Waals surface area contributed by atoms with Gasteiger partial charge in [-0.3, -0.25) is 19.0 Å². The number of amides is 2. The molecule has 0 bridgehead atoms. The van der Waals surface area contributed by atoms with Gasteiger partial charge < -0.3 is 10.2 Å². The van der Waals surface area contributed by atoms with Crippen molar-refractivity contribution in [3.8, 4) is 0 Å². The summed E-state index contributed by atoms with van der Waals surface area (Å²) >= 11 is 1.26. The second-order valence-corrected chi connectivity index (χ2v) is 10.5. The first-order chi connectivity index (χ1) is 14.8. The highest BCUT2D eigenvalue weighted by molar-refractivity contribution is 7.20. The molecule has 0 spiro atoms. The fourth-order valence-electron chi connectivity index (χ4n) is 5.10. The van der Waals surface area contributed by atoms with Crippen molar-refractivity contribution in [2.24, 2.45) is 11.8 Å². The largest absolute Gasteiger partial charge is 0.349 e. The van der Waals surface area contributed by atoms with Gasteiger partial charge in [0, 0.05) is 19.1 Å². The van der Waals surface area contributed by atoms with Gasteiger partial charge in [0.2, 0.25) is 5.91 Å². The van der Waals surface area contributed by atoms with Gasteiger partial charge in [-0.25, -0.2) is 4.98 Å². The Hall–Kier alpha value is -2.22. The molecule has 7 nitrogen and oxygen atoms in total. The maximum Gasteiger partial charge on any atom is 0.262 e. The van der Waals surface area contributed by atoms with Gasteiger partial charge in [-0.2, -0.15) is 0 Å². The number of hydrogen-bond donors (Lipinski definition) is 1. The molecule has 3 heterocycles. The number of rotatable bonds is 4. The highest BCUT2D eigenvalue weighted by Crippen LogP contribution is 2.28. The van der Waals surface area contributed by atoms with E-state index in [0.29, 0.717) is 32.5 Å². The molecule has 31 heavy (non-hydrogen) atoms. The predicted octanol–water partition coefficient (Wildman–Crippen LogP) is 3.33. The maximum absolute atomic E-state index is 13.1. The van der Waals surface area contributed by atoms with Crippen LogP contribution in [0, 0.1) is 18.8 Å². The van der Waals surface area contributed by atoms with Crippen LogP contribution in [0.25, 0.3) is 10.2 Å². The summed E-state index contributed by atoms with van der Waals surface area (Å²) in [6, 6.07) is 0.211. The van der Waals surface area contributed by atoms with Crippen LogP contribution in [-0.4, -0.2) is 45.4 Å². The van der Waals surface area contributed by atoms with Crippen LogP contribution in [0.5, 0.6) is 0 Å². The fraction of sp³-hybridized carbons (Fsp3) is 0.652. The monoisotopic (exact) mass is 444 g/mol. The molecular formula is C23H32N4O3S. The van der Waals surface area contributed by atoms with Crippen molar-refractivity contribution >= 4 is 33.4 Å². The predicted molar refractivity (Wildman–Crippen MR) is 122 cm³/mol. The van der Waals surface area contributed by atoms with Crippen LogP contribution >= 0.6 is 11.3 Å². The molecule has 2 aliphatic rings. The molecule has 168 valence electrons. The van der Waals surface area contributed by atoms with Gasteiger partial charge in [0.25, 0.3) is 11.5 Å². The third-order valence-corrected chi connectivity index (χ3v) is 7.79. The van der Waals surface area contributed by atoms with Crippen LogP contribution in [-0.2, 0) is 11.3 Å². The van der Waals surface area contributed by atoms with E-state index in [-0.39, 0.29) is 30.0 Å². The van der Waals surface area contributed by atoms with E-state index in [1.807, 2.05) is 4.90 Å². The maximum atomic E-state index is 13.1. The average molecular weight is 445 g/mol. The Morgan fingerprint density at radius 1 is 1.16 bits per heavy atom. The van der Waals surface area contributed by atoms with Gasteiger partial charge in [-0.15, -0.1) is 11.3 Å². The Morgan fingerprint density at radius 2 is 1.84 bits per heavy atom. The quantitative estimate of drug-likeness (QED) is 0.784. The van der Waals surface area contributed by atoms with Crippen molar-refractivity contribution in [2.75, 3.05) is 13.1 Å². The lowest BCUT2D eigenvalue weighted by Gasteiger charge is -2.35. The molecule has 8 heteroatoms. The first-order valence-corrected chi connectivity index (χ1v) is 12.2. The Labute approximate surface area is 186 Å². The number of fused-ring (bicyclic) bond motifs is 1. The summed E-state index contributed by atoms with van der Waals surface area (Å²) in [5.74, 6) is 0.763. The number of carbonyl (C=O) groups is 2. The Kier molecular flexibility index (Phi) is 6.46. The Balaban J connectivity index is 1.54. The first kappa shape index (κ1) is 22.0. The molecule has 4 rings (SSSR count). The van der Waals surface area contributed by atoms with E-state index in [4.69, 9.17) is 0 Å². The molecule has 0 aromatic carbocycles. The lowest BCUT2D eigenvalue weighted by molar-refractivity contribution is -0.134. The molecule has 1 saturated carbocycles. The van der Waals surface area contributed by atoms with Crippen molar-refractivity contribution in [1.82, 2.24) is 19.8 Å². The van der Waals surface area contributed by atoms with Crippen molar-refractivity contribution in [1.29, 1.82) is 0 Å². The molecule has 1 aliphatic heterocycles. The van der Waals surface area contributed by atoms with E-state index in [0.717, 1.165) is 45.2 Å². The smallest absolute Gasteiger partial charge is 0.262 e. The number of aryl methyl sites for hydroxylation is 1. The molecular weight excluding hydrogens is 412 g/mol. The summed E-state index contributed by atoms with van der Waals surface area (Å²) in [6.07, 6.45) is 8.10. The lowest BCUT2D eigenvalue weighted by atomic mass is 9.92. The number of carbonyl (C=O) groups excluding carboxylic acids is 2. The highest BCUT2D eigenvalue weighted by Gasteiger charge is 2.27. The summed E-state index contributed by atoms with van der Waals surface area (Å²) in [5, 5.41) is 3.58. The van der Waals surface area contributed by atoms with Crippen molar-refractivity contribution in [3.05, 3.63) is 27.1 Å². The van der Waals surface area contributed by atoms with Crippen LogP contribution in [0.2, 0.25) is 0 Å². The molecule has 1 aliphatic carbocycles. The minimum Gasteiger partial charge on any atom is -0.349 e. The van der Waals surface area contributed by atoms with Crippen LogP contribution in [0.1, 0.15) is 67.6 Å². The van der Waals surface area contributed by atoms with Gasteiger partial charge in [0.15, 0.2) is 0 Å². The van der Waals surface area contributed by atoms with E-state index in [2.05, 4.69) is 24.1 Å². The highest BCUT2D eigenvalue weighted by atomic mass is 32.1. The molecule has 2 atom stereocenters. The zero-order valence-corrected chi connectivity index (χ0v) is 19.5. The molecule has 2 aromatic heterocycles. The number of piperidine rings is 1. The third-order valence-electron chi connectivity index (χ3n) is 6.59. The molecule has 1 saturated heterocycles. The number of thiophene rings is 1. The van der Waals surface area contributed by atoms with Gasteiger partial charge in [-0.05, 0) is 43.6 Å². The molecule has 2 amide bonds. The topological polar surface area (TPSA) is 84.3 Å². The van der Waals surface area contributed by atoms with E-state index in [1.165, 1.54) is 28.7 Å². The van der Waals surface area contributed by atoms with E-state index in [1.54, 1.807) is 6.92 Å². The van der Waals surface area contributed by atoms with Crippen LogP contribution in [0.4, 0.5) is 0 Å². The van der Waals surface area contributed by atoms with Crippen molar-refractivity contribution in [3.63, 3.8) is 0 Å². The second-order valence-electron chi connectivity index (χ2n) is 9.47. The average Bonchev–Trinajstić information content (AvgIpc) is 3.07. The minimum atomic E-state index is -0.248. The zero-order chi connectivity index (χ0) is 22.1. The number of nitrogens with one attached hydrogen (secondary N) is 1. The van der Waals surface area contributed by atoms with Crippen molar-refractivity contribution in [2.45, 2.75) is 71.9 Å². The van der Waals surface area contributed by atoms with E-state index >= 15 is 0 Å². The van der Waals surface area contributed by atoms with E-state index < -0.39 is 0 Å². The molecule has 1 N–H and O–H groups in total. The summed E-state index contributed by atoms with van der Waals surface area (Å²) in [6.45, 7) is 7.57. The van der Waals surface area contributed by atoms with Crippen molar-refractivity contribution < 1.29 is 9.59 Å². The van der Waals surface area contributed by atoms with Crippen LogP contribution in [0.3, 0.4) is 0 Å². The standard InChI is InChI=1S/C23H32N4O3S/c1-14-9-15(2)11-26(10-14)18(28)12-27-13-24-22-19(23(27)30)16(3)20(31-22)21(29)25-17-7-5-4-6-8-17/h13-15,17H,4-12H2,1-3H3,(H,25,29). The second kappa shape index (κ2) is 9.10. The fourth-order valence-corrected chi connectivity index (χ4v) is 6.14. The molecule has 2 unspecified atom stereocenters. The summed E-state index contributed by atoms with van der Waals surface area (Å²) in [7, 11) is 0. The Bertz CT molecular complexity index is 1030. The molecule has 0 radical (unpaired) electrons. The van der Waals surface area contributed by atoms with Crippen LogP contribution in [0.15, 0.2) is 11.1 Å². The number of aromatic nitrogens is 2. The minimum absolute atomic E-state index is 0.0138. The van der Waals surface area contributed by atoms with Gasteiger partial charge in [-0.1, -0.05) is 33.1 Å². The molecule has 2 aromatic rings. The Morgan fingerprint density at radius 3 is 2.52 bits per heavy atom. The number of nitrogens with zero attached hydrogens (tertiary/aromatic N) is 3. The molecule has 2 fully saturated rings. The van der Waals surface area contributed by atoms with Gasteiger partial charge in [0.1, 0.15) is 11.4 Å². The number of hydrogen-bond acceptors (Lipinski definition) is 5. The first-order valence-electron chi connectivity index (χ1n) is 11.4. The summed E-state index contributed by atoms with van der Waals surface area (Å²) in [5.41, 5.74) is 0.412. The van der Waals surface area contributed by atoms with Gasteiger partial charge >= 0.3 is 0 Å². The third kappa shape index (κ3) is 4.68. The SMILES string of the molecule is Cc1c(C(=O)NC2CCCCC2)sc2ncn(CC(=O)N3CC(C)CC(C)C3)c(=O)c12. The normalized spacial score (nSPS) is 22.6. The zero-order valence-electron chi connectivity index (χ0n) is 18.6. The van der Waals surface area contributed by atoms with Gasteiger partial charge in [0.05, 0.1) is 16.6 Å². The summed E-state index contributed by atoms with van der Waals surface area (Å²) in [4.78, 5) is 46.2. The lowest BCUT2D eigenvalue weighted by Crippen LogP contribution is -2.44.